The fraction of sp³-hybridized carbons (Fsp3) is 0.600. The predicted molar refractivity (Wildman–Crippen MR) is 71.6 cm³/mol. The first-order chi connectivity index (χ1) is 8.58. The summed E-state index contributed by atoms with van der Waals surface area (Å²) in [7, 11) is 0. The molecule has 0 bridgehead atoms. The zero-order chi connectivity index (χ0) is 13.1. The molecule has 0 radical (unpaired) electrons. The van der Waals surface area contributed by atoms with Gasteiger partial charge in [0.1, 0.15) is 5.82 Å². The van der Waals surface area contributed by atoms with Crippen LogP contribution < -0.4 is 5.73 Å². The third-order valence-corrected chi connectivity index (χ3v) is 4.17. The Morgan fingerprint density at radius 3 is 2.72 bits per heavy atom. The standard InChI is InChI=1S/C15H22FNO/c1-10-6-7-12(8-11(10)2)18-9-13-14(16)4-3-5-15(13)17/h3-5,10-12H,6-9,17H2,1-2H3. The van der Waals surface area contributed by atoms with Gasteiger partial charge in [-0.25, -0.2) is 4.39 Å². The average Bonchev–Trinajstić information content (AvgIpc) is 2.33. The van der Waals surface area contributed by atoms with Crippen LogP contribution in [0.1, 0.15) is 38.7 Å². The Morgan fingerprint density at radius 1 is 1.28 bits per heavy atom. The number of nitrogen functional groups attached to an aromatic ring is 1. The molecule has 0 saturated heterocycles. The van der Waals surface area contributed by atoms with Gasteiger partial charge in [0.2, 0.25) is 0 Å². The second kappa shape index (κ2) is 5.70. The largest absolute Gasteiger partial charge is 0.398 e. The summed E-state index contributed by atoms with van der Waals surface area (Å²) < 4.78 is 19.4. The van der Waals surface area contributed by atoms with E-state index < -0.39 is 0 Å². The molecule has 2 nitrogen and oxygen atoms in total. The lowest BCUT2D eigenvalue weighted by molar-refractivity contribution is -0.00821. The number of halogens is 1. The first-order valence-corrected chi connectivity index (χ1v) is 6.72. The van der Waals surface area contributed by atoms with Crippen LogP contribution in [0, 0.1) is 17.7 Å². The van der Waals surface area contributed by atoms with Crippen molar-refractivity contribution in [2.24, 2.45) is 11.8 Å². The number of anilines is 1. The van der Waals surface area contributed by atoms with Gasteiger partial charge < -0.3 is 10.5 Å². The molecule has 1 aliphatic rings. The molecule has 3 heteroatoms. The maximum absolute atomic E-state index is 13.6. The molecule has 2 rings (SSSR count). The second-order valence-corrected chi connectivity index (χ2v) is 5.51. The van der Waals surface area contributed by atoms with E-state index in [0.717, 1.165) is 18.8 Å². The van der Waals surface area contributed by atoms with Crippen molar-refractivity contribution >= 4 is 5.69 Å². The van der Waals surface area contributed by atoms with Gasteiger partial charge in [-0.05, 0) is 43.2 Å². The molecule has 0 heterocycles. The molecule has 1 aromatic rings. The number of nitrogens with two attached hydrogens (primary N) is 1. The molecule has 1 aromatic carbocycles. The molecule has 100 valence electrons. The molecule has 0 aliphatic heterocycles. The highest BCUT2D eigenvalue weighted by Gasteiger charge is 2.25. The molecule has 1 fully saturated rings. The van der Waals surface area contributed by atoms with Crippen molar-refractivity contribution in [3.05, 3.63) is 29.6 Å². The van der Waals surface area contributed by atoms with Crippen LogP contribution in [0.5, 0.6) is 0 Å². The fourth-order valence-corrected chi connectivity index (χ4v) is 2.58. The zero-order valence-corrected chi connectivity index (χ0v) is 11.2. The van der Waals surface area contributed by atoms with E-state index in [-0.39, 0.29) is 18.5 Å². The summed E-state index contributed by atoms with van der Waals surface area (Å²) in [6, 6.07) is 4.77. The topological polar surface area (TPSA) is 35.2 Å². The maximum Gasteiger partial charge on any atom is 0.130 e. The quantitative estimate of drug-likeness (QED) is 0.830. The number of hydrogen-bond donors (Lipinski definition) is 1. The van der Waals surface area contributed by atoms with E-state index in [2.05, 4.69) is 13.8 Å². The molecular formula is C15H22FNO. The van der Waals surface area contributed by atoms with Gasteiger partial charge in [-0.3, -0.25) is 0 Å². The first-order valence-electron chi connectivity index (χ1n) is 6.72. The van der Waals surface area contributed by atoms with Gasteiger partial charge in [-0.15, -0.1) is 0 Å². The monoisotopic (exact) mass is 251 g/mol. The summed E-state index contributed by atoms with van der Waals surface area (Å²) >= 11 is 0. The van der Waals surface area contributed by atoms with Crippen LogP contribution in [0.25, 0.3) is 0 Å². The summed E-state index contributed by atoms with van der Waals surface area (Å²) in [4.78, 5) is 0. The highest BCUT2D eigenvalue weighted by Crippen LogP contribution is 2.31. The van der Waals surface area contributed by atoms with Gasteiger partial charge in [0.15, 0.2) is 0 Å². The Bertz CT molecular complexity index is 387. The molecule has 0 spiro atoms. The number of benzene rings is 1. The van der Waals surface area contributed by atoms with E-state index in [1.165, 1.54) is 12.5 Å². The lowest BCUT2D eigenvalue weighted by atomic mass is 9.80. The number of rotatable bonds is 3. The van der Waals surface area contributed by atoms with E-state index in [1.54, 1.807) is 12.1 Å². The van der Waals surface area contributed by atoms with Gasteiger partial charge in [0, 0.05) is 11.3 Å². The minimum Gasteiger partial charge on any atom is -0.398 e. The van der Waals surface area contributed by atoms with Crippen LogP contribution in [-0.4, -0.2) is 6.10 Å². The number of hydrogen-bond acceptors (Lipinski definition) is 2. The molecule has 3 atom stereocenters. The van der Waals surface area contributed by atoms with Crippen LogP contribution in [-0.2, 0) is 11.3 Å². The second-order valence-electron chi connectivity index (χ2n) is 5.51. The molecule has 2 N–H and O–H groups in total. The highest BCUT2D eigenvalue weighted by atomic mass is 19.1. The van der Waals surface area contributed by atoms with Gasteiger partial charge in [0.05, 0.1) is 12.7 Å². The van der Waals surface area contributed by atoms with Gasteiger partial charge in [0.25, 0.3) is 0 Å². The van der Waals surface area contributed by atoms with Gasteiger partial charge in [-0.2, -0.15) is 0 Å². The smallest absolute Gasteiger partial charge is 0.130 e. The molecule has 0 aromatic heterocycles. The summed E-state index contributed by atoms with van der Waals surface area (Å²) in [5.74, 6) is 1.18. The summed E-state index contributed by atoms with van der Waals surface area (Å²) in [6.45, 7) is 4.83. The van der Waals surface area contributed by atoms with E-state index in [0.29, 0.717) is 17.2 Å². The van der Waals surface area contributed by atoms with Crippen LogP contribution in [0.3, 0.4) is 0 Å². The molecule has 1 saturated carbocycles. The minimum absolute atomic E-state index is 0.246. The van der Waals surface area contributed by atoms with Crippen LogP contribution in [0.4, 0.5) is 10.1 Å². The zero-order valence-electron chi connectivity index (χ0n) is 11.2. The van der Waals surface area contributed by atoms with Gasteiger partial charge >= 0.3 is 0 Å². The molecular weight excluding hydrogens is 229 g/mol. The lowest BCUT2D eigenvalue weighted by Gasteiger charge is -2.32. The van der Waals surface area contributed by atoms with Crippen molar-refractivity contribution in [3.8, 4) is 0 Å². The Hall–Kier alpha value is -1.09. The molecule has 18 heavy (non-hydrogen) atoms. The normalized spacial score (nSPS) is 28.3. The van der Waals surface area contributed by atoms with Crippen molar-refractivity contribution in [2.45, 2.75) is 45.8 Å². The van der Waals surface area contributed by atoms with Crippen LogP contribution >= 0.6 is 0 Å². The van der Waals surface area contributed by atoms with Crippen LogP contribution in [0.15, 0.2) is 18.2 Å². The average molecular weight is 251 g/mol. The lowest BCUT2D eigenvalue weighted by Crippen LogP contribution is -2.26. The maximum atomic E-state index is 13.6. The molecule has 3 unspecified atom stereocenters. The predicted octanol–water partition coefficient (Wildman–Crippen LogP) is 3.75. The Morgan fingerprint density at radius 2 is 2.06 bits per heavy atom. The van der Waals surface area contributed by atoms with Crippen LogP contribution in [0.2, 0.25) is 0 Å². The van der Waals surface area contributed by atoms with E-state index in [4.69, 9.17) is 10.5 Å². The van der Waals surface area contributed by atoms with Crippen molar-refractivity contribution in [1.29, 1.82) is 0 Å². The summed E-state index contributed by atoms with van der Waals surface area (Å²) in [6.07, 6.45) is 3.57. The van der Waals surface area contributed by atoms with Crippen molar-refractivity contribution in [1.82, 2.24) is 0 Å². The Kier molecular flexibility index (Phi) is 4.23. The highest BCUT2D eigenvalue weighted by molar-refractivity contribution is 5.46. The summed E-state index contributed by atoms with van der Waals surface area (Å²) in [5.41, 5.74) is 6.73. The van der Waals surface area contributed by atoms with Crippen molar-refractivity contribution in [3.63, 3.8) is 0 Å². The number of ether oxygens (including phenoxy) is 1. The van der Waals surface area contributed by atoms with E-state index in [1.807, 2.05) is 0 Å². The first kappa shape index (κ1) is 13.3. The fourth-order valence-electron chi connectivity index (χ4n) is 2.58. The van der Waals surface area contributed by atoms with Gasteiger partial charge in [-0.1, -0.05) is 19.9 Å². The third-order valence-electron chi connectivity index (χ3n) is 4.17. The molecule has 1 aliphatic carbocycles. The Labute approximate surface area is 108 Å². The molecule has 0 amide bonds. The minimum atomic E-state index is -0.271. The van der Waals surface area contributed by atoms with Crippen molar-refractivity contribution < 1.29 is 9.13 Å². The third kappa shape index (κ3) is 3.02. The van der Waals surface area contributed by atoms with E-state index in [9.17, 15) is 4.39 Å². The van der Waals surface area contributed by atoms with Crippen molar-refractivity contribution in [2.75, 3.05) is 5.73 Å². The Balaban J connectivity index is 1.92. The summed E-state index contributed by atoms with van der Waals surface area (Å²) in [5, 5.41) is 0. The SMILES string of the molecule is CC1CCC(OCc2c(N)cccc2F)CC1C. The van der Waals surface area contributed by atoms with E-state index >= 15 is 0 Å².